The van der Waals surface area contributed by atoms with Crippen molar-refractivity contribution in [1.29, 1.82) is 0 Å². The van der Waals surface area contributed by atoms with Gasteiger partial charge < -0.3 is 20.3 Å². The van der Waals surface area contributed by atoms with Crippen molar-refractivity contribution in [1.82, 2.24) is 9.80 Å². The summed E-state index contributed by atoms with van der Waals surface area (Å²) in [6.45, 7) is 3.34. The highest BCUT2D eigenvalue weighted by molar-refractivity contribution is 5.94. The maximum atomic E-state index is 12.8. The van der Waals surface area contributed by atoms with Crippen LogP contribution in [0.3, 0.4) is 0 Å². The Morgan fingerprint density at radius 2 is 2.04 bits per heavy atom. The maximum Gasteiger partial charge on any atom is 0.253 e. The topological polar surface area (TPSA) is 75.9 Å². The summed E-state index contributed by atoms with van der Waals surface area (Å²) in [7, 11) is 1.69. The molecule has 3 rings (SSSR count). The first-order valence-corrected chi connectivity index (χ1v) is 9.50. The van der Waals surface area contributed by atoms with Crippen LogP contribution in [0.15, 0.2) is 24.3 Å². The average Bonchev–Trinajstić information content (AvgIpc) is 2.69. The van der Waals surface area contributed by atoms with Crippen LogP contribution in [0, 0.1) is 5.92 Å². The largest absolute Gasteiger partial charge is 0.385 e. The molecule has 0 aromatic heterocycles. The first-order valence-electron chi connectivity index (χ1n) is 9.50. The van der Waals surface area contributed by atoms with E-state index >= 15 is 0 Å². The summed E-state index contributed by atoms with van der Waals surface area (Å²) in [4.78, 5) is 29.1. The van der Waals surface area contributed by atoms with Gasteiger partial charge in [-0.25, -0.2) is 0 Å². The zero-order valence-electron chi connectivity index (χ0n) is 15.5. The fourth-order valence-electron chi connectivity index (χ4n) is 4.17. The number of benzene rings is 1. The lowest BCUT2D eigenvalue weighted by Crippen LogP contribution is -2.57. The molecule has 0 unspecified atom stereocenters. The molecule has 1 aromatic carbocycles. The zero-order valence-corrected chi connectivity index (χ0v) is 15.5. The van der Waals surface area contributed by atoms with Crippen molar-refractivity contribution in [2.45, 2.75) is 38.3 Å². The van der Waals surface area contributed by atoms with Crippen molar-refractivity contribution < 1.29 is 14.3 Å². The summed E-state index contributed by atoms with van der Waals surface area (Å²) in [5.41, 5.74) is 7.36. The van der Waals surface area contributed by atoms with Gasteiger partial charge in [-0.15, -0.1) is 0 Å². The lowest BCUT2D eigenvalue weighted by Gasteiger charge is -2.47. The predicted octanol–water partition coefficient (Wildman–Crippen LogP) is 1.63. The molecule has 0 saturated carbocycles. The van der Waals surface area contributed by atoms with E-state index < -0.39 is 0 Å². The molecule has 142 valence electrons. The third kappa shape index (κ3) is 4.07. The van der Waals surface area contributed by atoms with Gasteiger partial charge in [-0.2, -0.15) is 0 Å². The number of nitrogens with two attached hydrogens (primary N) is 1. The zero-order chi connectivity index (χ0) is 18.5. The van der Waals surface area contributed by atoms with Crippen LogP contribution in [0.25, 0.3) is 0 Å². The van der Waals surface area contributed by atoms with Crippen molar-refractivity contribution >= 4 is 11.8 Å². The molecule has 2 amide bonds. The number of rotatable bonds is 6. The molecule has 0 aliphatic carbocycles. The maximum absolute atomic E-state index is 12.8. The van der Waals surface area contributed by atoms with Gasteiger partial charge in [-0.05, 0) is 42.9 Å². The molecule has 26 heavy (non-hydrogen) atoms. The molecular weight excluding hydrogens is 330 g/mol. The Morgan fingerprint density at radius 1 is 1.27 bits per heavy atom. The Balaban J connectivity index is 1.63. The van der Waals surface area contributed by atoms with Gasteiger partial charge in [0.25, 0.3) is 5.91 Å². The van der Waals surface area contributed by atoms with Crippen LogP contribution in [0.5, 0.6) is 0 Å². The lowest BCUT2D eigenvalue weighted by atomic mass is 9.83. The second kappa shape index (κ2) is 8.64. The second-order valence-electron chi connectivity index (χ2n) is 7.24. The smallest absolute Gasteiger partial charge is 0.253 e. The SMILES string of the molecule is COCCCN1C(=O)CC[C@H]2CN(C(=O)c3ccc(CN)cc3)CC[C@H]21. The van der Waals surface area contributed by atoms with E-state index in [0.29, 0.717) is 37.6 Å². The first kappa shape index (κ1) is 18.9. The number of fused-ring (bicyclic) bond motifs is 1. The molecule has 0 bridgehead atoms. The second-order valence-corrected chi connectivity index (χ2v) is 7.24. The van der Waals surface area contributed by atoms with Gasteiger partial charge in [0.1, 0.15) is 0 Å². The Morgan fingerprint density at radius 3 is 2.73 bits per heavy atom. The molecule has 1 aromatic rings. The molecule has 6 heteroatoms. The summed E-state index contributed by atoms with van der Waals surface area (Å²) in [6.07, 6.45) is 3.18. The third-order valence-electron chi connectivity index (χ3n) is 5.61. The molecule has 2 heterocycles. The fraction of sp³-hybridized carbons (Fsp3) is 0.600. The standard InChI is InChI=1S/C20H29N3O3/c1-26-12-2-10-23-18-9-11-22(14-17(18)7-8-19(23)24)20(25)16-5-3-15(13-21)4-6-16/h3-6,17-18H,2,7-14,21H2,1H3/t17-,18+/m0/s1. The number of piperidine rings is 2. The highest BCUT2D eigenvalue weighted by atomic mass is 16.5. The number of carbonyl (C=O) groups excluding carboxylic acids is 2. The number of amides is 2. The van der Waals surface area contributed by atoms with Gasteiger partial charge in [0.15, 0.2) is 0 Å². The fourth-order valence-corrected chi connectivity index (χ4v) is 4.17. The Labute approximate surface area is 155 Å². The van der Waals surface area contributed by atoms with E-state index in [0.717, 1.165) is 37.9 Å². The predicted molar refractivity (Wildman–Crippen MR) is 99.6 cm³/mol. The number of carbonyl (C=O) groups is 2. The van der Waals surface area contributed by atoms with Crippen LogP contribution >= 0.6 is 0 Å². The van der Waals surface area contributed by atoms with Gasteiger partial charge >= 0.3 is 0 Å². The normalized spacial score (nSPS) is 23.1. The van der Waals surface area contributed by atoms with Gasteiger partial charge in [-0.1, -0.05) is 12.1 Å². The van der Waals surface area contributed by atoms with E-state index in [1.54, 1.807) is 7.11 Å². The van der Waals surface area contributed by atoms with Gasteiger partial charge in [-0.3, -0.25) is 9.59 Å². The van der Waals surface area contributed by atoms with Crippen molar-refractivity contribution in [2.24, 2.45) is 11.7 Å². The number of hydrogen-bond acceptors (Lipinski definition) is 4. The summed E-state index contributed by atoms with van der Waals surface area (Å²) in [5, 5.41) is 0. The minimum Gasteiger partial charge on any atom is -0.385 e. The number of likely N-dealkylation sites (tertiary alicyclic amines) is 2. The monoisotopic (exact) mass is 359 g/mol. The highest BCUT2D eigenvalue weighted by Gasteiger charge is 2.40. The molecule has 2 fully saturated rings. The molecule has 2 aliphatic rings. The Bertz CT molecular complexity index is 632. The van der Waals surface area contributed by atoms with Crippen molar-refractivity contribution in [3.8, 4) is 0 Å². The Hall–Kier alpha value is -1.92. The summed E-state index contributed by atoms with van der Waals surface area (Å²) >= 11 is 0. The van der Waals surface area contributed by atoms with Crippen LogP contribution in [0.2, 0.25) is 0 Å². The van der Waals surface area contributed by atoms with Crippen molar-refractivity contribution in [3.05, 3.63) is 35.4 Å². The number of nitrogens with zero attached hydrogens (tertiary/aromatic N) is 2. The summed E-state index contributed by atoms with van der Waals surface area (Å²) in [6, 6.07) is 7.81. The molecule has 0 radical (unpaired) electrons. The average molecular weight is 359 g/mol. The van der Waals surface area contributed by atoms with Crippen LogP contribution in [-0.2, 0) is 16.1 Å². The first-order chi connectivity index (χ1) is 12.6. The highest BCUT2D eigenvalue weighted by Crippen LogP contribution is 2.32. The lowest BCUT2D eigenvalue weighted by molar-refractivity contribution is -0.140. The molecule has 0 spiro atoms. The number of ether oxygens (including phenoxy) is 1. The van der Waals surface area contributed by atoms with Gasteiger partial charge in [0.05, 0.1) is 0 Å². The molecule has 2 aliphatic heterocycles. The van der Waals surface area contributed by atoms with Crippen LogP contribution in [0.1, 0.15) is 41.6 Å². The minimum absolute atomic E-state index is 0.0786. The number of hydrogen-bond donors (Lipinski definition) is 1. The molecule has 2 N–H and O–H groups in total. The van der Waals surface area contributed by atoms with E-state index in [4.69, 9.17) is 10.5 Å². The van der Waals surface area contributed by atoms with Crippen LogP contribution in [-0.4, -0.2) is 61.0 Å². The number of methoxy groups -OCH3 is 1. The van der Waals surface area contributed by atoms with Crippen LogP contribution < -0.4 is 5.73 Å². The van der Waals surface area contributed by atoms with Crippen molar-refractivity contribution in [3.63, 3.8) is 0 Å². The quantitative estimate of drug-likeness (QED) is 0.784. The van der Waals surface area contributed by atoms with Crippen LogP contribution in [0.4, 0.5) is 0 Å². The van der Waals surface area contributed by atoms with Gasteiger partial charge in [0, 0.05) is 57.9 Å². The molecular formula is C20H29N3O3. The summed E-state index contributed by atoms with van der Waals surface area (Å²) in [5.74, 6) is 0.700. The van der Waals surface area contributed by atoms with Crippen molar-refractivity contribution in [2.75, 3.05) is 33.4 Å². The Kier molecular flexibility index (Phi) is 6.27. The van der Waals surface area contributed by atoms with E-state index in [2.05, 4.69) is 0 Å². The van der Waals surface area contributed by atoms with E-state index in [-0.39, 0.29) is 17.9 Å². The van der Waals surface area contributed by atoms with Gasteiger partial charge in [0.2, 0.25) is 5.91 Å². The molecule has 2 atom stereocenters. The molecule has 6 nitrogen and oxygen atoms in total. The third-order valence-corrected chi connectivity index (χ3v) is 5.61. The molecule has 2 saturated heterocycles. The summed E-state index contributed by atoms with van der Waals surface area (Å²) < 4.78 is 5.12. The van der Waals surface area contributed by atoms with E-state index in [9.17, 15) is 9.59 Å². The minimum atomic E-state index is 0.0786. The van der Waals surface area contributed by atoms with E-state index in [1.807, 2.05) is 34.1 Å². The van der Waals surface area contributed by atoms with E-state index in [1.165, 1.54) is 0 Å².